The first-order valence-corrected chi connectivity index (χ1v) is 6.21. The molecule has 1 saturated heterocycles. The van der Waals surface area contributed by atoms with Crippen molar-refractivity contribution in [3.63, 3.8) is 0 Å². The van der Waals surface area contributed by atoms with Gasteiger partial charge in [-0.1, -0.05) is 0 Å². The van der Waals surface area contributed by atoms with E-state index in [1.165, 1.54) is 0 Å². The molecule has 0 atom stereocenters. The van der Waals surface area contributed by atoms with Gasteiger partial charge in [-0.25, -0.2) is 0 Å². The first kappa shape index (κ1) is 15.2. The maximum absolute atomic E-state index is 10.7. The van der Waals surface area contributed by atoms with Crippen LogP contribution in [0.5, 0.6) is 0 Å². The lowest BCUT2D eigenvalue weighted by Crippen LogP contribution is -2.32. The van der Waals surface area contributed by atoms with E-state index in [1.807, 2.05) is 0 Å². The normalized spacial score (nSPS) is 23.9. The van der Waals surface area contributed by atoms with E-state index in [9.17, 15) is 9.59 Å². The van der Waals surface area contributed by atoms with Gasteiger partial charge in [0.15, 0.2) is 0 Å². The van der Waals surface area contributed by atoms with E-state index in [2.05, 4.69) is 0 Å². The Morgan fingerprint density at radius 1 is 0.778 bits per heavy atom. The van der Waals surface area contributed by atoms with Crippen molar-refractivity contribution in [3.8, 4) is 0 Å². The molecule has 0 aromatic heterocycles. The Bertz CT molecular complexity index is 242. The molecule has 6 heteroatoms. The van der Waals surface area contributed by atoms with Crippen LogP contribution >= 0.6 is 0 Å². The summed E-state index contributed by atoms with van der Waals surface area (Å²) < 4.78 is 0. The molecule has 0 bridgehead atoms. The monoisotopic (exact) mass is 260 g/mol. The minimum absolute atomic E-state index is 0.134. The summed E-state index contributed by atoms with van der Waals surface area (Å²) in [5.74, 6) is 0.268. The van der Waals surface area contributed by atoms with Gasteiger partial charge in [-0.15, -0.1) is 0 Å². The zero-order valence-corrected chi connectivity index (χ0v) is 10.8. The zero-order chi connectivity index (χ0) is 13.4. The number of carbonyl (C=O) groups excluding carboxylic acids is 2. The summed E-state index contributed by atoms with van der Waals surface area (Å²) in [6, 6.07) is 0. The topological polar surface area (TPSA) is 71.1 Å². The molecule has 104 valence electrons. The Morgan fingerprint density at radius 2 is 1.11 bits per heavy atom. The number of ketones is 2. The highest BCUT2D eigenvalue weighted by atomic mass is 17.4. The zero-order valence-electron chi connectivity index (χ0n) is 10.8. The quantitative estimate of drug-likeness (QED) is 0.622. The number of hydrogen-bond donors (Lipinski definition) is 0. The van der Waals surface area contributed by atoms with Crippen LogP contribution in [0.4, 0.5) is 0 Å². The van der Waals surface area contributed by atoms with Crippen LogP contribution in [0, 0.1) is 0 Å². The van der Waals surface area contributed by atoms with E-state index >= 15 is 0 Å². The van der Waals surface area contributed by atoms with Gasteiger partial charge in [-0.2, -0.15) is 19.6 Å². The summed E-state index contributed by atoms with van der Waals surface area (Å²) in [5.41, 5.74) is 0. The Kier molecular flexibility index (Phi) is 7.04. The van der Waals surface area contributed by atoms with Gasteiger partial charge >= 0.3 is 0 Å². The molecule has 0 unspecified atom stereocenters. The summed E-state index contributed by atoms with van der Waals surface area (Å²) in [6.45, 7) is 3.08. The third kappa shape index (κ3) is 6.80. The van der Waals surface area contributed by atoms with E-state index in [4.69, 9.17) is 19.6 Å². The Balaban J connectivity index is 2.05. The van der Waals surface area contributed by atoms with Crippen LogP contribution in [0.2, 0.25) is 0 Å². The minimum atomic E-state index is -0.589. The maximum Gasteiger partial charge on any atom is 0.224 e. The van der Waals surface area contributed by atoms with Gasteiger partial charge in [0, 0.05) is 25.7 Å². The first-order valence-electron chi connectivity index (χ1n) is 6.21. The molecule has 6 nitrogen and oxygen atoms in total. The second-order valence-electron chi connectivity index (χ2n) is 4.43. The second-order valence-corrected chi connectivity index (χ2v) is 4.43. The molecule has 0 radical (unpaired) electrons. The maximum atomic E-state index is 10.7. The van der Waals surface area contributed by atoms with Crippen molar-refractivity contribution < 1.29 is 29.1 Å². The van der Waals surface area contributed by atoms with E-state index in [0.717, 1.165) is 0 Å². The van der Waals surface area contributed by atoms with Gasteiger partial charge in [0.05, 0.1) is 0 Å². The molecule has 0 aromatic rings. The summed E-state index contributed by atoms with van der Waals surface area (Å²) in [6.07, 6.45) is 2.22. The van der Waals surface area contributed by atoms with Crippen molar-refractivity contribution >= 4 is 11.6 Å². The largest absolute Gasteiger partial charge is 0.300 e. The van der Waals surface area contributed by atoms with Crippen LogP contribution < -0.4 is 0 Å². The van der Waals surface area contributed by atoms with Gasteiger partial charge in [-0.3, -0.25) is 0 Å². The fraction of sp³-hybridized carbons (Fsp3) is 0.833. The van der Waals surface area contributed by atoms with Crippen molar-refractivity contribution in [2.75, 3.05) is 0 Å². The Morgan fingerprint density at radius 3 is 1.39 bits per heavy atom. The number of rotatable bonds is 8. The van der Waals surface area contributed by atoms with Crippen LogP contribution in [0.1, 0.15) is 52.4 Å². The van der Waals surface area contributed by atoms with Crippen molar-refractivity contribution in [1.82, 2.24) is 0 Å². The molecule has 0 aromatic carbocycles. The number of carbonyl (C=O) groups is 2. The second kappa shape index (κ2) is 8.31. The highest BCUT2D eigenvalue weighted by molar-refractivity contribution is 5.75. The predicted octanol–water partition coefficient (Wildman–Crippen LogP) is 2.07. The van der Waals surface area contributed by atoms with Gasteiger partial charge in [0.2, 0.25) is 12.6 Å². The summed E-state index contributed by atoms with van der Waals surface area (Å²) in [5, 5.41) is 0. The third-order valence-electron chi connectivity index (χ3n) is 2.48. The molecule has 1 heterocycles. The van der Waals surface area contributed by atoms with E-state index in [1.54, 1.807) is 13.8 Å². The summed E-state index contributed by atoms with van der Waals surface area (Å²) in [7, 11) is 0. The third-order valence-corrected chi connectivity index (χ3v) is 2.48. The highest BCUT2D eigenvalue weighted by Gasteiger charge is 2.24. The van der Waals surface area contributed by atoms with Crippen LogP contribution in [0.25, 0.3) is 0 Å². The molecule has 1 rings (SSSR count). The van der Waals surface area contributed by atoms with Crippen molar-refractivity contribution in [2.45, 2.75) is 65.0 Å². The standard InChI is InChI=1S/C12H20O6/c1-9(13)5-3-7-11-15-17-12(18-16-11)8-4-6-10(2)14/h11-12H,3-8H2,1-2H3. The van der Waals surface area contributed by atoms with E-state index in [-0.39, 0.29) is 11.6 Å². The molecule has 0 amide bonds. The number of hydrogen-bond acceptors (Lipinski definition) is 6. The lowest BCUT2D eigenvalue weighted by Gasteiger charge is -2.26. The smallest absolute Gasteiger partial charge is 0.224 e. The minimum Gasteiger partial charge on any atom is -0.300 e. The highest BCUT2D eigenvalue weighted by Crippen LogP contribution is 2.19. The Labute approximate surface area is 106 Å². The molecule has 18 heavy (non-hydrogen) atoms. The van der Waals surface area contributed by atoms with Gasteiger partial charge in [0.25, 0.3) is 0 Å². The molecule has 1 aliphatic heterocycles. The van der Waals surface area contributed by atoms with Crippen molar-refractivity contribution in [2.24, 2.45) is 0 Å². The fourth-order valence-corrected chi connectivity index (χ4v) is 1.51. The van der Waals surface area contributed by atoms with Crippen molar-refractivity contribution in [3.05, 3.63) is 0 Å². The lowest BCUT2D eigenvalue weighted by molar-refractivity contribution is -0.591. The lowest BCUT2D eigenvalue weighted by atomic mass is 10.2. The van der Waals surface area contributed by atoms with Crippen LogP contribution in [0.3, 0.4) is 0 Å². The molecule has 1 aliphatic rings. The Hall–Kier alpha value is -0.820. The summed E-state index contributed by atoms with van der Waals surface area (Å²) in [4.78, 5) is 41.4. The van der Waals surface area contributed by atoms with Gasteiger partial charge < -0.3 is 9.59 Å². The molecule has 0 saturated carbocycles. The first-order chi connectivity index (χ1) is 8.58. The average molecular weight is 260 g/mol. The molecular formula is C12H20O6. The molecular weight excluding hydrogens is 240 g/mol. The summed E-state index contributed by atoms with van der Waals surface area (Å²) >= 11 is 0. The fourth-order valence-electron chi connectivity index (χ4n) is 1.51. The van der Waals surface area contributed by atoms with Crippen LogP contribution in [0.15, 0.2) is 0 Å². The van der Waals surface area contributed by atoms with Crippen molar-refractivity contribution in [1.29, 1.82) is 0 Å². The molecule has 0 N–H and O–H groups in total. The van der Waals surface area contributed by atoms with Crippen LogP contribution in [-0.2, 0) is 29.1 Å². The predicted molar refractivity (Wildman–Crippen MR) is 61.0 cm³/mol. The van der Waals surface area contributed by atoms with E-state index in [0.29, 0.717) is 38.5 Å². The average Bonchev–Trinajstić information content (AvgIpc) is 2.30. The van der Waals surface area contributed by atoms with Gasteiger partial charge in [0.1, 0.15) is 11.6 Å². The number of Topliss-reactive ketones (excluding diaryl/α,β-unsaturated/α-hetero) is 2. The molecule has 1 fully saturated rings. The van der Waals surface area contributed by atoms with Gasteiger partial charge in [-0.05, 0) is 26.7 Å². The molecule has 0 aliphatic carbocycles. The SMILES string of the molecule is CC(=O)CCCC1OOC(CCCC(C)=O)OO1. The van der Waals surface area contributed by atoms with E-state index < -0.39 is 12.6 Å². The molecule has 0 spiro atoms. The van der Waals surface area contributed by atoms with Crippen LogP contribution in [-0.4, -0.2) is 24.1 Å².